The largest absolute Gasteiger partial charge is 0.350 e. The highest BCUT2D eigenvalue weighted by Gasteiger charge is 2.14. The van der Waals surface area contributed by atoms with E-state index >= 15 is 0 Å². The first kappa shape index (κ1) is 17.4. The molecule has 1 amide bonds. The van der Waals surface area contributed by atoms with Crippen molar-refractivity contribution in [1.29, 1.82) is 0 Å². The second-order valence-corrected chi connectivity index (χ2v) is 6.79. The van der Waals surface area contributed by atoms with Crippen molar-refractivity contribution in [2.75, 3.05) is 0 Å². The van der Waals surface area contributed by atoms with E-state index in [0.29, 0.717) is 6.54 Å². The van der Waals surface area contributed by atoms with Crippen molar-refractivity contribution in [3.05, 3.63) is 63.6 Å². The number of nitrogens with zero attached hydrogens (tertiary/aromatic N) is 4. The van der Waals surface area contributed by atoms with E-state index in [0.717, 1.165) is 32.8 Å². The standard InChI is InChI=1S/C18H20BrN5O/c1-12-16(14(3)24(22-12)15-7-5-4-6-8-15)9-20-18(25)11-23-10-17(19)13(2)21-23/h4-8,10H,9,11H2,1-3H3,(H,20,25). The molecule has 130 valence electrons. The van der Waals surface area contributed by atoms with Crippen LogP contribution in [0.3, 0.4) is 0 Å². The first-order chi connectivity index (χ1) is 12.0. The summed E-state index contributed by atoms with van der Waals surface area (Å²) in [4.78, 5) is 12.2. The van der Waals surface area contributed by atoms with Gasteiger partial charge in [0.2, 0.25) is 5.91 Å². The molecule has 2 aromatic heterocycles. The maximum absolute atomic E-state index is 12.2. The lowest BCUT2D eigenvalue weighted by molar-refractivity contribution is -0.122. The summed E-state index contributed by atoms with van der Waals surface area (Å²) in [5.74, 6) is -0.0822. The van der Waals surface area contributed by atoms with Crippen LogP contribution < -0.4 is 5.32 Å². The predicted molar refractivity (Wildman–Crippen MR) is 99.5 cm³/mol. The number of para-hydroxylation sites is 1. The van der Waals surface area contributed by atoms with Gasteiger partial charge in [-0.3, -0.25) is 9.48 Å². The highest BCUT2D eigenvalue weighted by Crippen LogP contribution is 2.17. The number of nitrogens with one attached hydrogen (secondary N) is 1. The SMILES string of the molecule is Cc1nn(CC(=O)NCc2c(C)nn(-c3ccccc3)c2C)cc1Br. The Morgan fingerprint density at radius 1 is 1.12 bits per heavy atom. The van der Waals surface area contributed by atoms with Crippen LogP contribution in [0, 0.1) is 20.8 Å². The van der Waals surface area contributed by atoms with Crippen molar-refractivity contribution in [1.82, 2.24) is 24.9 Å². The third kappa shape index (κ3) is 3.82. The van der Waals surface area contributed by atoms with Gasteiger partial charge in [-0.1, -0.05) is 18.2 Å². The zero-order valence-corrected chi connectivity index (χ0v) is 16.0. The average molecular weight is 402 g/mol. The molecule has 3 aromatic rings. The lowest BCUT2D eigenvalue weighted by atomic mass is 10.2. The normalized spacial score (nSPS) is 10.9. The molecule has 6 nitrogen and oxygen atoms in total. The monoisotopic (exact) mass is 401 g/mol. The first-order valence-electron chi connectivity index (χ1n) is 8.02. The second-order valence-electron chi connectivity index (χ2n) is 5.93. The summed E-state index contributed by atoms with van der Waals surface area (Å²) >= 11 is 3.40. The van der Waals surface area contributed by atoms with Crippen molar-refractivity contribution in [3.8, 4) is 5.69 Å². The molecule has 2 heterocycles. The van der Waals surface area contributed by atoms with Crippen molar-refractivity contribution >= 4 is 21.8 Å². The molecule has 0 radical (unpaired) electrons. The van der Waals surface area contributed by atoms with E-state index in [2.05, 4.69) is 31.4 Å². The zero-order chi connectivity index (χ0) is 18.0. The van der Waals surface area contributed by atoms with Crippen LogP contribution in [0.15, 0.2) is 41.0 Å². The third-order valence-corrected chi connectivity index (χ3v) is 4.87. The van der Waals surface area contributed by atoms with Gasteiger partial charge >= 0.3 is 0 Å². The van der Waals surface area contributed by atoms with E-state index in [1.807, 2.05) is 55.8 Å². The number of carbonyl (C=O) groups is 1. The minimum atomic E-state index is -0.0822. The molecule has 1 N–H and O–H groups in total. The molecule has 0 aliphatic rings. The Morgan fingerprint density at radius 2 is 1.84 bits per heavy atom. The third-order valence-electron chi connectivity index (χ3n) is 4.10. The van der Waals surface area contributed by atoms with Gasteiger partial charge in [0.15, 0.2) is 0 Å². The summed E-state index contributed by atoms with van der Waals surface area (Å²) in [6.45, 7) is 6.51. The fourth-order valence-electron chi connectivity index (χ4n) is 2.72. The highest BCUT2D eigenvalue weighted by molar-refractivity contribution is 9.10. The predicted octanol–water partition coefficient (Wildman–Crippen LogP) is 3.07. The van der Waals surface area contributed by atoms with E-state index in [-0.39, 0.29) is 12.5 Å². The van der Waals surface area contributed by atoms with Gasteiger partial charge in [-0.2, -0.15) is 10.2 Å². The molecule has 0 bridgehead atoms. The molecule has 0 fully saturated rings. The Kier molecular flexibility index (Phi) is 5.03. The summed E-state index contributed by atoms with van der Waals surface area (Å²) in [5, 5.41) is 11.8. The lowest BCUT2D eigenvalue weighted by Crippen LogP contribution is -2.27. The van der Waals surface area contributed by atoms with E-state index < -0.39 is 0 Å². The number of benzene rings is 1. The quantitative estimate of drug-likeness (QED) is 0.714. The van der Waals surface area contributed by atoms with Gasteiger partial charge in [-0.15, -0.1) is 0 Å². The Morgan fingerprint density at radius 3 is 2.48 bits per heavy atom. The Bertz CT molecular complexity index is 878. The van der Waals surface area contributed by atoms with Crippen LogP contribution in [0.1, 0.15) is 22.6 Å². The maximum Gasteiger partial charge on any atom is 0.242 e. The van der Waals surface area contributed by atoms with Crippen LogP contribution in [0.5, 0.6) is 0 Å². The van der Waals surface area contributed by atoms with Crippen molar-refractivity contribution < 1.29 is 4.79 Å². The van der Waals surface area contributed by atoms with Gasteiger partial charge in [0.1, 0.15) is 6.54 Å². The van der Waals surface area contributed by atoms with Crippen LogP contribution in [-0.4, -0.2) is 25.5 Å². The number of halogens is 1. The second kappa shape index (κ2) is 7.23. The van der Waals surface area contributed by atoms with Gasteiger partial charge < -0.3 is 5.32 Å². The Hall–Kier alpha value is -2.41. The van der Waals surface area contributed by atoms with E-state index in [4.69, 9.17) is 0 Å². The minimum Gasteiger partial charge on any atom is -0.350 e. The van der Waals surface area contributed by atoms with Gasteiger partial charge in [0.25, 0.3) is 0 Å². The summed E-state index contributed by atoms with van der Waals surface area (Å²) in [6.07, 6.45) is 1.80. The van der Waals surface area contributed by atoms with Gasteiger partial charge in [-0.25, -0.2) is 4.68 Å². The van der Waals surface area contributed by atoms with Crippen LogP contribution in [-0.2, 0) is 17.9 Å². The number of hydrogen-bond acceptors (Lipinski definition) is 3. The molecule has 0 atom stereocenters. The summed E-state index contributed by atoms with van der Waals surface area (Å²) < 4.78 is 4.43. The van der Waals surface area contributed by atoms with Crippen molar-refractivity contribution in [2.24, 2.45) is 0 Å². The average Bonchev–Trinajstić information content (AvgIpc) is 3.05. The summed E-state index contributed by atoms with van der Waals surface area (Å²) in [6, 6.07) is 9.97. The molecule has 0 saturated heterocycles. The molecule has 3 rings (SSSR count). The lowest BCUT2D eigenvalue weighted by Gasteiger charge is -2.07. The molecular weight excluding hydrogens is 382 g/mol. The number of carbonyl (C=O) groups excluding carboxylic acids is 1. The molecule has 0 unspecified atom stereocenters. The van der Waals surface area contributed by atoms with Crippen molar-refractivity contribution in [3.63, 3.8) is 0 Å². The Labute approximate surface area is 155 Å². The van der Waals surface area contributed by atoms with Gasteiger partial charge in [0, 0.05) is 24.0 Å². The topological polar surface area (TPSA) is 64.7 Å². The first-order valence-corrected chi connectivity index (χ1v) is 8.81. The minimum absolute atomic E-state index is 0.0822. The van der Waals surface area contributed by atoms with Crippen LogP contribution >= 0.6 is 15.9 Å². The molecule has 0 aliphatic heterocycles. The number of amides is 1. The molecule has 1 aromatic carbocycles. The van der Waals surface area contributed by atoms with E-state index in [9.17, 15) is 4.79 Å². The number of aromatic nitrogens is 4. The molecule has 25 heavy (non-hydrogen) atoms. The van der Waals surface area contributed by atoms with Crippen LogP contribution in [0.25, 0.3) is 5.69 Å². The maximum atomic E-state index is 12.2. The molecule has 0 aliphatic carbocycles. The van der Waals surface area contributed by atoms with Gasteiger partial charge in [0.05, 0.1) is 21.5 Å². The summed E-state index contributed by atoms with van der Waals surface area (Å²) in [5.41, 5.74) is 4.86. The Balaban J connectivity index is 1.69. The van der Waals surface area contributed by atoms with E-state index in [1.165, 1.54) is 0 Å². The highest BCUT2D eigenvalue weighted by atomic mass is 79.9. The number of rotatable bonds is 5. The molecular formula is C18H20BrN5O. The number of aryl methyl sites for hydroxylation is 2. The van der Waals surface area contributed by atoms with Crippen molar-refractivity contribution in [2.45, 2.75) is 33.9 Å². The molecule has 0 saturated carbocycles. The summed E-state index contributed by atoms with van der Waals surface area (Å²) in [7, 11) is 0. The molecule has 7 heteroatoms. The van der Waals surface area contributed by atoms with Crippen LogP contribution in [0.4, 0.5) is 0 Å². The number of hydrogen-bond donors (Lipinski definition) is 1. The zero-order valence-electron chi connectivity index (χ0n) is 14.5. The van der Waals surface area contributed by atoms with E-state index in [1.54, 1.807) is 10.9 Å². The fraction of sp³-hybridized carbons (Fsp3) is 0.278. The fourth-order valence-corrected chi connectivity index (χ4v) is 3.03. The van der Waals surface area contributed by atoms with Gasteiger partial charge in [-0.05, 0) is 48.8 Å². The smallest absolute Gasteiger partial charge is 0.242 e. The molecule has 0 spiro atoms. The van der Waals surface area contributed by atoms with Crippen LogP contribution in [0.2, 0.25) is 0 Å².